The van der Waals surface area contributed by atoms with Crippen LogP contribution in [0.25, 0.3) is 0 Å². The minimum absolute atomic E-state index is 0.394. The molecular formula is C18H27N5O2. The highest BCUT2D eigenvalue weighted by Gasteiger charge is 2.27. The third-order valence-electron chi connectivity index (χ3n) is 5.44. The third-order valence-corrected chi connectivity index (χ3v) is 5.44. The molecule has 1 aliphatic heterocycles. The molecule has 2 aliphatic rings. The number of methoxy groups -OCH3 is 1. The highest BCUT2D eigenvalue weighted by Crippen LogP contribution is 2.31. The lowest BCUT2D eigenvalue weighted by atomic mass is 9.85. The number of nitrogens with zero attached hydrogens (tertiary/aromatic N) is 5. The maximum Gasteiger partial charge on any atom is 0.240 e. The van der Waals surface area contributed by atoms with Crippen molar-refractivity contribution in [2.75, 3.05) is 20.2 Å². The van der Waals surface area contributed by atoms with Gasteiger partial charge in [-0.3, -0.25) is 4.90 Å². The van der Waals surface area contributed by atoms with Crippen LogP contribution in [0.1, 0.15) is 55.6 Å². The fourth-order valence-electron chi connectivity index (χ4n) is 3.93. The first kappa shape index (κ1) is 16.7. The number of imidazole rings is 1. The Morgan fingerprint density at radius 1 is 1.28 bits per heavy atom. The van der Waals surface area contributed by atoms with Crippen LogP contribution >= 0.6 is 0 Å². The number of hydrogen-bond donors (Lipinski definition) is 0. The second-order valence-electron chi connectivity index (χ2n) is 7.35. The van der Waals surface area contributed by atoms with Crippen molar-refractivity contribution in [1.82, 2.24) is 24.6 Å². The summed E-state index contributed by atoms with van der Waals surface area (Å²) in [5, 5.41) is 3.95. The van der Waals surface area contributed by atoms with E-state index in [0.29, 0.717) is 30.8 Å². The maximum absolute atomic E-state index is 5.34. The molecular weight excluding hydrogens is 318 g/mol. The zero-order valence-corrected chi connectivity index (χ0v) is 14.9. The van der Waals surface area contributed by atoms with E-state index in [9.17, 15) is 0 Å². The Hall–Kier alpha value is -1.73. The summed E-state index contributed by atoms with van der Waals surface area (Å²) in [4.78, 5) is 11.5. The molecule has 1 unspecified atom stereocenters. The van der Waals surface area contributed by atoms with Crippen molar-refractivity contribution < 1.29 is 9.26 Å². The molecule has 1 saturated heterocycles. The molecule has 1 atom stereocenters. The zero-order valence-electron chi connectivity index (χ0n) is 14.9. The quantitative estimate of drug-likeness (QED) is 0.768. The predicted octanol–water partition coefficient (Wildman–Crippen LogP) is 2.59. The number of ether oxygens (including phenoxy) is 1. The summed E-state index contributed by atoms with van der Waals surface area (Å²) in [6, 6.07) is 0. The van der Waals surface area contributed by atoms with E-state index in [2.05, 4.69) is 30.8 Å². The topological polar surface area (TPSA) is 69.2 Å². The van der Waals surface area contributed by atoms with Gasteiger partial charge in [0.05, 0.1) is 6.54 Å². The lowest BCUT2D eigenvalue weighted by Crippen LogP contribution is -2.35. The Balaban J connectivity index is 1.38. The average molecular weight is 345 g/mol. The summed E-state index contributed by atoms with van der Waals surface area (Å²) < 4.78 is 12.8. The van der Waals surface area contributed by atoms with E-state index in [0.717, 1.165) is 25.6 Å². The number of piperidine rings is 1. The van der Waals surface area contributed by atoms with Crippen molar-refractivity contribution in [2.24, 2.45) is 5.92 Å². The van der Waals surface area contributed by atoms with Gasteiger partial charge in [-0.1, -0.05) is 11.6 Å². The van der Waals surface area contributed by atoms with Crippen LogP contribution in [0.2, 0.25) is 0 Å². The van der Waals surface area contributed by atoms with Gasteiger partial charge in [0.1, 0.15) is 12.4 Å². The Morgan fingerprint density at radius 3 is 3.00 bits per heavy atom. The van der Waals surface area contributed by atoms with Gasteiger partial charge in [0.25, 0.3) is 0 Å². The van der Waals surface area contributed by atoms with Gasteiger partial charge in [0, 0.05) is 38.5 Å². The van der Waals surface area contributed by atoms with Crippen LogP contribution in [-0.4, -0.2) is 44.8 Å². The minimum Gasteiger partial charge on any atom is -0.377 e. The molecule has 1 saturated carbocycles. The van der Waals surface area contributed by atoms with Gasteiger partial charge < -0.3 is 13.8 Å². The van der Waals surface area contributed by atoms with Crippen molar-refractivity contribution in [3.05, 3.63) is 29.9 Å². The Morgan fingerprint density at radius 2 is 2.20 bits per heavy atom. The zero-order chi connectivity index (χ0) is 17.1. The second kappa shape index (κ2) is 7.66. The van der Waals surface area contributed by atoms with E-state index in [1.807, 2.05) is 6.20 Å². The van der Waals surface area contributed by atoms with Crippen LogP contribution in [0, 0.1) is 5.92 Å². The molecule has 0 amide bonds. The minimum atomic E-state index is 0.394. The molecule has 2 aromatic rings. The van der Waals surface area contributed by atoms with Gasteiger partial charge in [-0.25, -0.2) is 4.98 Å². The monoisotopic (exact) mass is 345 g/mol. The molecule has 25 heavy (non-hydrogen) atoms. The standard InChI is InChI=1S/C18H27N5O2/c1-24-13-16-20-17(25-21-16)12-22-8-3-6-15(11-22)18-19-7-9-23(18)10-14-4-2-5-14/h7,9,14-15H,2-6,8,10-13H2,1H3. The van der Waals surface area contributed by atoms with E-state index in [-0.39, 0.29) is 0 Å². The van der Waals surface area contributed by atoms with Gasteiger partial charge in [0.2, 0.25) is 5.89 Å². The normalized spacial score (nSPS) is 22.2. The Labute approximate surface area is 148 Å². The van der Waals surface area contributed by atoms with Gasteiger partial charge >= 0.3 is 0 Å². The molecule has 136 valence electrons. The fraction of sp³-hybridized carbons (Fsp3) is 0.722. The van der Waals surface area contributed by atoms with Crippen LogP contribution in [0.4, 0.5) is 0 Å². The number of rotatable bonds is 7. The summed E-state index contributed by atoms with van der Waals surface area (Å²) in [6.45, 7) is 4.31. The van der Waals surface area contributed by atoms with E-state index in [1.165, 1.54) is 37.9 Å². The molecule has 2 fully saturated rings. The van der Waals surface area contributed by atoms with Crippen LogP contribution in [-0.2, 0) is 24.4 Å². The molecule has 3 heterocycles. The van der Waals surface area contributed by atoms with E-state index >= 15 is 0 Å². The summed E-state index contributed by atoms with van der Waals surface area (Å²) in [7, 11) is 1.64. The van der Waals surface area contributed by atoms with Crippen LogP contribution in [0.15, 0.2) is 16.9 Å². The summed E-state index contributed by atoms with van der Waals surface area (Å²) >= 11 is 0. The van der Waals surface area contributed by atoms with Crippen LogP contribution in [0.5, 0.6) is 0 Å². The first-order valence-electron chi connectivity index (χ1n) is 9.35. The van der Waals surface area contributed by atoms with Crippen LogP contribution < -0.4 is 0 Å². The van der Waals surface area contributed by atoms with Crippen molar-refractivity contribution in [2.45, 2.75) is 57.7 Å². The molecule has 7 heteroatoms. The number of aromatic nitrogens is 4. The SMILES string of the molecule is COCc1noc(CN2CCCC(c3nccn3CC3CCC3)C2)n1. The first-order valence-corrected chi connectivity index (χ1v) is 9.35. The van der Waals surface area contributed by atoms with Gasteiger partial charge in [-0.15, -0.1) is 0 Å². The second-order valence-corrected chi connectivity index (χ2v) is 7.35. The largest absolute Gasteiger partial charge is 0.377 e. The van der Waals surface area contributed by atoms with Crippen LogP contribution in [0.3, 0.4) is 0 Å². The van der Waals surface area contributed by atoms with E-state index in [4.69, 9.17) is 9.26 Å². The third kappa shape index (κ3) is 3.93. The number of hydrogen-bond acceptors (Lipinski definition) is 6. The molecule has 0 spiro atoms. The maximum atomic E-state index is 5.34. The highest BCUT2D eigenvalue weighted by molar-refractivity contribution is 5.04. The Kier molecular flexibility index (Phi) is 5.12. The van der Waals surface area contributed by atoms with Gasteiger partial charge in [-0.2, -0.15) is 4.98 Å². The number of likely N-dealkylation sites (tertiary alicyclic amines) is 1. The van der Waals surface area contributed by atoms with E-state index < -0.39 is 0 Å². The lowest BCUT2D eigenvalue weighted by molar-refractivity contribution is 0.168. The predicted molar refractivity (Wildman–Crippen MR) is 91.8 cm³/mol. The molecule has 0 aromatic carbocycles. The smallest absolute Gasteiger partial charge is 0.240 e. The molecule has 0 radical (unpaired) electrons. The molecule has 7 nitrogen and oxygen atoms in total. The Bertz CT molecular complexity index is 679. The van der Waals surface area contributed by atoms with E-state index in [1.54, 1.807) is 7.11 Å². The highest BCUT2D eigenvalue weighted by atomic mass is 16.5. The fourth-order valence-corrected chi connectivity index (χ4v) is 3.93. The summed E-state index contributed by atoms with van der Waals surface area (Å²) in [5.74, 6) is 3.88. The van der Waals surface area contributed by atoms with Crippen molar-refractivity contribution in [3.63, 3.8) is 0 Å². The molecule has 0 N–H and O–H groups in total. The van der Waals surface area contributed by atoms with Crippen molar-refractivity contribution in [3.8, 4) is 0 Å². The average Bonchev–Trinajstić information content (AvgIpc) is 3.21. The molecule has 1 aliphatic carbocycles. The van der Waals surface area contributed by atoms with Crippen molar-refractivity contribution in [1.29, 1.82) is 0 Å². The first-order chi connectivity index (χ1) is 12.3. The summed E-state index contributed by atoms with van der Waals surface area (Å²) in [6.07, 6.45) is 10.6. The van der Waals surface area contributed by atoms with Gasteiger partial charge in [0.15, 0.2) is 5.82 Å². The molecule has 2 aromatic heterocycles. The molecule has 0 bridgehead atoms. The lowest BCUT2D eigenvalue weighted by Gasteiger charge is -2.33. The summed E-state index contributed by atoms with van der Waals surface area (Å²) in [5.41, 5.74) is 0. The molecule has 4 rings (SSSR count). The van der Waals surface area contributed by atoms with Crippen molar-refractivity contribution >= 4 is 0 Å². The van der Waals surface area contributed by atoms with Gasteiger partial charge in [-0.05, 0) is 38.1 Å².